The lowest BCUT2D eigenvalue weighted by Gasteiger charge is -2.07. The van der Waals surface area contributed by atoms with Crippen molar-refractivity contribution >= 4 is 17.6 Å². The lowest BCUT2D eigenvalue weighted by atomic mass is 10.1. The third kappa shape index (κ3) is 5.09. The number of amides is 1. The smallest absolute Gasteiger partial charge is 0.303 e. The van der Waals surface area contributed by atoms with Crippen molar-refractivity contribution in [2.75, 3.05) is 6.54 Å². The molecule has 0 spiro atoms. The van der Waals surface area contributed by atoms with Crippen LogP contribution in [-0.2, 0) is 4.79 Å². The van der Waals surface area contributed by atoms with Crippen LogP contribution in [0.5, 0.6) is 0 Å². The minimum Gasteiger partial charge on any atom is -0.481 e. The minimum atomic E-state index is -0.844. The molecule has 0 saturated heterocycles. The van der Waals surface area contributed by atoms with Gasteiger partial charge in [0.1, 0.15) is 18.3 Å². The summed E-state index contributed by atoms with van der Waals surface area (Å²) in [4.78, 5) is 36.9. The van der Waals surface area contributed by atoms with Gasteiger partial charge in [0, 0.05) is 24.6 Å². The molecule has 10 nitrogen and oxygen atoms in total. The molecule has 1 aromatic carbocycles. The first-order chi connectivity index (χ1) is 12.0. The van der Waals surface area contributed by atoms with Gasteiger partial charge in [-0.05, 0) is 25.0 Å². The van der Waals surface area contributed by atoms with Crippen LogP contribution in [0.2, 0.25) is 0 Å². The molecule has 2 rings (SSSR count). The van der Waals surface area contributed by atoms with E-state index in [1.54, 1.807) is 0 Å². The number of nitrogens with zero attached hydrogens (tertiary/aromatic N) is 4. The van der Waals surface area contributed by atoms with E-state index in [9.17, 15) is 19.7 Å². The SMILES string of the molecule is O=C(O)CCCCCNC(=O)c1ccc(-n2cncn2)c([N+](=O)[O-])c1. The van der Waals surface area contributed by atoms with E-state index in [0.717, 1.165) is 0 Å². The molecule has 0 unspecified atom stereocenters. The number of carbonyl (C=O) groups excluding carboxylic acids is 1. The molecule has 1 heterocycles. The van der Waals surface area contributed by atoms with Crippen molar-refractivity contribution < 1.29 is 19.6 Å². The van der Waals surface area contributed by atoms with E-state index < -0.39 is 16.8 Å². The Labute approximate surface area is 142 Å². The van der Waals surface area contributed by atoms with Crippen molar-refractivity contribution in [3.05, 3.63) is 46.5 Å². The molecule has 25 heavy (non-hydrogen) atoms. The van der Waals surface area contributed by atoms with Crippen LogP contribution < -0.4 is 5.32 Å². The summed E-state index contributed by atoms with van der Waals surface area (Å²) in [6.45, 7) is 0.372. The lowest BCUT2D eigenvalue weighted by Crippen LogP contribution is -2.24. The second-order valence-corrected chi connectivity index (χ2v) is 5.26. The van der Waals surface area contributed by atoms with Crippen molar-refractivity contribution in [1.82, 2.24) is 20.1 Å². The Balaban J connectivity index is 1.97. The van der Waals surface area contributed by atoms with Gasteiger partial charge in [-0.25, -0.2) is 9.67 Å². The maximum absolute atomic E-state index is 12.1. The standard InChI is InChI=1S/C15H17N5O5/c21-14(22)4-2-1-3-7-17-15(23)11-5-6-12(13(8-11)20(24)25)19-10-16-9-18-19/h5-6,8-10H,1-4,7H2,(H,17,23)(H,21,22). The maximum atomic E-state index is 12.1. The molecule has 0 atom stereocenters. The quantitative estimate of drug-likeness (QED) is 0.398. The summed E-state index contributed by atoms with van der Waals surface area (Å²) >= 11 is 0. The number of aliphatic carboxylic acids is 1. The van der Waals surface area contributed by atoms with E-state index in [4.69, 9.17) is 5.11 Å². The van der Waals surface area contributed by atoms with Crippen molar-refractivity contribution in [3.63, 3.8) is 0 Å². The van der Waals surface area contributed by atoms with Gasteiger partial charge in [-0.15, -0.1) is 0 Å². The van der Waals surface area contributed by atoms with E-state index in [1.165, 1.54) is 35.5 Å². The molecule has 1 amide bonds. The summed E-state index contributed by atoms with van der Waals surface area (Å²) in [6, 6.07) is 4.11. The van der Waals surface area contributed by atoms with Gasteiger partial charge in [-0.2, -0.15) is 5.10 Å². The Kier molecular flexibility index (Phi) is 6.15. The second-order valence-electron chi connectivity index (χ2n) is 5.26. The van der Waals surface area contributed by atoms with Gasteiger partial charge in [0.15, 0.2) is 0 Å². The molecule has 2 N–H and O–H groups in total. The van der Waals surface area contributed by atoms with Crippen LogP contribution in [0.3, 0.4) is 0 Å². The van der Waals surface area contributed by atoms with Crippen molar-refractivity contribution in [1.29, 1.82) is 0 Å². The van der Waals surface area contributed by atoms with Crippen molar-refractivity contribution in [2.24, 2.45) is 0 Å². The van der Waals surface area contributed by atoms with Gasteiger partial charge >= 0.3 is 5.97 Å². The van der Waals surface area contributed by atoms with Gasteiger partial charge in [-0.3, -0.25) is 19.7 Å². The van der Waals surface area contributed by atoms with Crippen molar-refractivity contribution in [3.8, 4) is 5.69 Å². The summed E-state index contributed by atoms with van der Waals surface area (Å²) in [5.74, 6) is -1.27. The Hall–Kier alpha value is -3.30. The first-order valence-electron chi connectivity index (χ1n) is 7.62. The van der Waals surface area contributed by atoms with E-state index in [2.05, 4.69) is 15.4 Å². The van der Waals surface area contributed by atoms with Crippen LogP contribution in [0.4, 0.5) is 5.69 Å². The number of nitro benzene ring substituents is 1. The Morgan fingerprint density at radius 2 is 2.08 bits per heavy atom. The second kappa shape index (κ2) is 8.52. The van der Waals surface area contributed by atoms with Crippen LogP contribution in [0.1, 0.15) is 36.0 Å². The van der Waals surface area contributed by atoms with Gasteiger partial charge < -0.3 is 10.4 Å². The molecular formula is C15H17N5O5. The molecule has 0 aliphatic carbocycles. The molecule has 0 aliphatic heterocycles. The largest absolute Gasteiger partial charge is 0.481 e. The topological polar surface area (TPSA) is 140 Å². The number of carboxylic acids is 1. The highest BCUT2D eigenvalue weighted by Crippen LogP contribution is 2.23. The lowest BCUT2D eigenvalue weighted by molar-refractivity contribution is -0.384. The van der Waals surface area contributed by atoms with E-state index in [-0.39, 0.29) is 23.4 Å². The average Bonchev–Trinajstić information content (AvgIpc) is 3.11. The predicted molar refractivity (Wildman–Crippen MR) is 86.5 cm³/mol. The number of rotatable bonds is 9. The number of carbonyl (C=O) groups is 2. The van der Waals surface area contributed by atoms with Crippen molar-refractivity contribution in [2.45, 2.75) is 25.7 Å². The Morgan fingerprint density at radius 3 is 2.72 bits per heavy atom. The van der Waals surface area contributed by atoms with Gasteiger partial charge in [0.25, 0.3) is 11.6 Å². The maximum Gasteiger partial charge on any atom is 0.303 e. The zero-order chi connectivity index (χ0) is 18.2. The highest BCUT2D eigenvalue weighted by Gasteiger charge is 2.19. The molecule has 10 heteroatoms. The number of hydrogen-bond donors (Lipinski definition) is 2. The van der Waals surface area contributed by atoms with Crippen LogP contribution in [0.25, 0.3) is 5.69 Å². The van der Waals surface area contributed by atoms with Crippen LogP contribution in [-0.4, -0.2) is 43.2 Å². The van der Waals surface area contributed by atoms with Gasteiger partial charge in [-0.1, -0.05) is 6.42 Å². The average molecular weight is 347 g/mol. The third-order valence-corrected chi connectivity index (χ3v) is 3.45. The fourth-order valence-corrected chi connectivity index (χ4v) is 2.22. The molecule has 1 aromatic heterocycles. The van der Waals surface area contributed by atoms with Crippen LogP contribution in [0, 0.1) is 10.1 Å². The van der Waals surface area contributed by atoms with Crippen LogP contribution in [0.15, 0.2) is 30.9 Å². The molecule has 0 saturated carbocycles. The number of nitro groups is 1. The van der Waals surface area contributed by atoms with Gasteiger partial charge in [0.2, 0.25) is 0 Å². The fourth-order valence-electron chi connectivity index (χ4n) is 2.22. The summed E-state index contributed by atoms with van der Waals surface area (Å²) in [6.07, 6.45) is 4.55. The molecule has 0 fully saturated rings. The molecular weight excluding hydrogens is 330 g/mol. The number of aromatic nitrogens is 3. The van der Waals surface area contributed by atoms with Crippen LogP contribution >= 0.6 is 0 Å². The number of carboxylic acid groups (broad SMARTS) is 1. The molecule has 0 bridgehead atoms. The molecule has 0 aliphatic rings. The zero-order valence-corrected chi connectivity index (χ0v) is 13.3. The summed E-state index contributed by atoms with van der Waals surface area (Å²) in [5, 5.41) is 26.3. The molecule has 132 valence electrons. The first-order valence-corrected chi connectivity index (χ1v) is 7.62. The fraction of sp³-hybridized carbons (Fsp3) is 0.333. The summed E-state index contributed by atoms with van der Waals surface area (Å²) < 4.78 is 1.25. The zero-order valence-electron chi connectivity index (χ0n) is 13.3. The molecule has 0 radical (unpaired) electrons. The minimum absolute atomic E-state index is 0.101. The summed E-state index contributed by atoms with van der Waals surface area (Å²) in [7, 11) is 0. The van der Waals surface area contributed by atoms with E-state index in [0.29, 0.717) is 25.8 Å². The van der Waals surface area contributed by atoms with E-state index in [1.807, 2.05) is 0 Å². The monoisotopic (exact) mass is 347 g/mol. The number of nitrogens with one attached hydrogen (secondary N) is 1. The Bertz CT molecular complexity index is 760. The third-order valence-electron chi connectivity index (χ3n) is 3.45. The van der Waals surface area contributed by atoms with E-state index >= 15 is 0 Å². The number of benzene rings is 1. The number of unbranched alkanes of at least 4 members (excludes halogenated alkanes) is 2. The van der Waals surface area contributed by atoms with Gasteiger partial charge in [0.05, 0.1) is 4.92 Å². The highest BCUT2D eigenvalue weighted by molar-refractivity contribution is 5.95. The Morgan fingerprint density at radius 1 is 1.28 bits per heavy atom. The normalized spacial score (nSPS) is 10.4. The summed E-state index contributed by atoms with van der Waals surface area (Å²) in [5.41, 5.74) is 0.133. The molecule has 2 aromatic rings. The predicted octanol–water partition coefficient (Wildman–Crippen LogP) is 1.55. The highest BCUT2D eigenvalue weighted by atomic mass is 16.6. The number of hydrogen-bond acceptors (Lipinski definition) is 6. The first kappa shape index (κ1) is 18.0.